The van der Waals surface area contributed by atoms with E-state index in [2.05, 4.69) is 5.32 Å². The van der Waals surface area contributed by atoms with Crippen LogP contribution in [0, 0.1) is 0 Å². The van der Waals surface area contributed by atoms with E-state index in [1.807, 2.05) is 13.8 Å². The van der Waals surface area contributed by atoms with E-state index in [1.165, 1.54) is 4.90 Å². The number of ether oxygens (including phenoxy) is 2. The zero-order chi connectivity index (χ0) is 15.7. The van der Waals surface area contributed by atoms with Crippen molar-refractivity contribution in [3.8, 4) is 0 Å². The van der Waals surface area contributed by atoms with Crippen LogP contribution in [0.4, 0.5) is 18.0 Å². The van der Waals surface area contributed by atoms with E-state index in [0.29, 0.717) is 13.2 Å². The zero-order valence-corrected chi connectivity index (χ0v) is 12.2. The summed E-state index contributed by atoms with van der Waals surface area (Å²) >= 11 is 0. The van der Waals surface area contributed by atoms with Crippen molar-refractivity contribution in [1.82, 2.24) is 10.2 Å². The molecule has 1 saturated carbocycles. The second-order valence-electron chi connectivity index (χ2n) is 5.83. The molecule has 122 valence electrons. The topological polar surface area (TPSA) is 50.8 Å². The van der Waals surface area contributed by atoms with Crippen LogP contribution in [0.1, 0.15) is 26.7 Å². The van der Waals surface area contributed by atoms with Crippen LogP contribution < -0.4 is 5.32 Å². The second-order valence-corrected chi connectivity index (χ2v) is 5.83. The Morgan fingerprint density at radius 2 is 2.14 bits per heavy atom. The van der Waals surface area contributed by atoms with Gasteiger partial charge in [0.1, 0.15) is 5.54 Å². The minimum absolute atomic E-state index is 0.0396. The highest BCUT2D eigenvalue weighted by atomic mass is 19.4. The molecule has 0 aromatic rings. The third-order valence-electron chi connectivity index (χ3n) is 3.68. The predicted octanol–water partition coefficient (Wildman–Crippen LogP) is 1.92. The molecular formula is C13H21F3N2O3. The van der Waals surface area contributed by atoms with E-state index in [1.54, 1.807) is 0 Å². The SMILES string of the molecule is CC(C)OCC1CN(C(=O)NC2(C(F)(F)F)CC2)CCO1. The zero-order valence-electron chi connectivity index (χ0n) is 12.2. The maximum absolute atomic E-state index is 12.8. The maximum Gasteiger partial charge on any atom is 0.411 e. The Hall–Kier alpha value is -1.02. The third kappa shape index (κ3) is 4.00. The average molecular weight is 310 g/mol. The quantitative estimate of drug-likeness (QED) is 0.863. The first kappa shape index (κ1) is 16.4. The third-order valence-corrected chi connectivity index (χ3v) is 3.68. The van der Waals surface area contributed by atoms with Crippen molar-refractivity contribution >= 4 is 6.03 Å². The van der Waals surface area contributed by atoms with Gasteiger partial charge in [-0.25, -0.2) is 4.79 Å². The number of hydrogen-bond acceptors (Lipinski definition) is 3. The fourth-order valence-corrected chi connectivity index (χ4v) is 2.19. The van der Waals surface area contributed by atoms with E-state index >= 15 is 0 Å². The number of nitrogens with zero attached hydrogens (tertiary/aromatic N) is 1. The Labute approximate surface area is 121 Å². The number of halogens is 3. The predicted molar refractivity (Wildman–Crippen MR) is 69.0 cm³/mol. The molecule has 1 aliphatic carbocycles. The number of urea groups is 1. The molecule has 2 aliphatic rings. The lowest BCUT2D eigenvalue weighted by Crippen LogP contribution is -2.56. The van der Waals surface area contributed by atoms with Gasteiger partial charge in [0.05, 0.1) is 32.0 Å². The molecule has 5 nitrogen and oxygen atoms in total. The molecule has 0 aromatic carbocycles. The standard InChI is InChI=1S/C13H21F3N2O3/c1-9(2)21-8-10-7-18(5-6-20-10)11(19)17-12(3-4-12)13(14,15)16/h9-10H,3-8H2,1-2H3,(H,17,19). The van der Waals surface area contributed by atoms with Crippen LogP contribution in [-0.2, 0) is 9.47 Å². The molecule has 1 atom stereocenters. The van der Waals surface area contributed by atoms with Gasteiger partial charge < -0.3 is 19.7 Å². The first-order valence-electron chi connectivity index (χ1n) is 7.10. The highest BCUT2D eigenvalue weighted by molar-refractivity contribution is 5.76. The summed E-state index contributed by atoms with van der Waals surface area (Å²) in [5.74, 6) is 0. The number of amides is 2. The summed E-state index contributed by atoms with van der Waals surface area (Å²) in [6, 6.07) is -0.678. The number of morpholine rings is 1. The van der Waals surface area contributed by atoms with Crippen molar-refractivity contribution in [2.75, 3.05) is 26.3 Å². The molecule has 1 N–H and O–H groups in total. The van der Waals surface area contributed by atoms with E-state index in [4.69, 9.17) is 9.47 Å². The molecule has 1 saturated heterocycles. The Bertz CT molecular complexity index is 383. The van der Waals surface area contributed by atoms with Crippen LogP contribution in [-0.4, -0.2) is 61.2 Å². The lowest BCUT2D eigenvalue weighted by Gasteiger charge is -2.34. The van der Waals surface area contributed by atoms with Crippen LogP contribution in [0.5, 0.6) is 0 Å². The summed E-state index contributed by atoms with van der Waals surface area (Å²) in [5.41, 5.74) is -2.02. The largest absolute Gasteiger partial charge is 0.411 e. The van der Waals surface area contributed by atoms with Crippen molar-refractivity contribution < 1.29 is 27.4 Å². The molecule has 2 amide bonds. The Morgan fingerprint density at radius 1 is 1.48 bits per heavy atom. The van der Waals surface area contributed by atoms with Gasteiger partial charge in [-0.3, -0.25) is 0 Å². The van der Waals surface area contributed by atoms with Gasteiger partial charge in [-0.2, -0.15) is 13.2 Å². The average Bonchev–Trinajstić information content (AvgIpc) is 3.17. The van der Waals surface area contributed by atoms with Crippen LogP contribution in [0.25, 0.3) is 0 Å². The molecule has 0 bridgehead atoms. The van der Waals surface area contributed by atoms with Crippen molar-refractivity contribution in [2.24, 2.45) is 0 Å². The monoisotopic (exact) mass is 310 g/mol. The van der Waals surface area contributed by atoms with Gasteiger partial charge in [0.25, 0.3) is 0 Å². The molecule has 0 aromatic heterocycles. The fraction of sp³-hybridized carbons (Fsp3) is 0.923. The van der Waals surface area contributed by atoms with Gasteiger partial charge in [0.15, 0.2) is 0 Å². The molecule has 8 heteroatoms. The highest BCUT2D eigenvalue weighted by Crippen LogP contribution is 2.49. The van der Waals surface area contributed by atoms with Gasteiger partial charge in [0, 0.05) is 6.54 Å². The molecule has 0 radical (unpaired) electrons. The number of carbonyl (C=O) groups excluding carboxylic acids is 1. The van der Waals surface area contributed by atoms with E-state index in [-0.39, 0.29) is 38.1 Å². The minimum Gasteiger partial charge on any atom is -0.376 e. The van der Waals surface area contributed by atoms with Crippen LogP contribution in [0.2, 0.25) is 0 Å². The summed E-state index contributed by atoms with van der Waals surface area (Å²) in [5, 5.41) is 2.13. The van der Waals surface area contributed by atoms with Gasteiger partial charge in [-0.05, 0) is 26.7 Å². The molecule has 2 fully saturated rings. The summed E-state index contributed by atoms with van der Waals surface area (Å²) in [6.07, 6.45) is -4.75. The van der Waals surface area contributed by atoms with Crippen molar-refractivity contribution in [1.29, 1.82) is 0 Å². The van der Waals surface area contributed by atoms with Gasteiger partial charge in [-0.1, -0.05) is 0 Å². The van der Waals surface area contributed by atoms with Gasteiger partial charge >= 0.3 is 12.2 Å². The number of hydrogen-bond donors (Lipinski definition) is 1. The number of nitrogens with one attached hydrogen (secondary N) is 1. The molecular weight excluding hydrogens is 289 g/mol. The Kier molecular flexibility index (Phi) is 4.67. The molecule has 21 heavy (non-hydrogen) atoms. The molecule has 1 aliphatic heterocycles. The van der Waals surface area contributed by atoms with Crippen LogP contribution >= 0.6 is 0 Å². The van der Waals surface area contributed by atoms with Crippen molar-refractivity contribution in [2.45, 2.75) is 50.6 Å². The molecule has 0 spiro atoms. The Morgan fingerprint density at radius 3 is 2.67 bits per heavy atom. The molecule has 2 rings (SSSR count). The van der Waals surface area contributed by atoms with E-state index in [9.17, 15) is 18.0 Å². The first-order valence-corrected chi connectivity index (χ1v) is 7.10. The second kappa shape index (κ2) is 6.00. The maximum atomic E-state index is 12.8. The summed E-state index contributed by atoms with van der Waals surface area (Å²) in [6.45, 7) is 4.93. The van der Waals surface area contributed by atoms with Crippen molar-refractivity contribution in [3.63, 3.8) is 0 Å². The van der Waals surface area contributed by atoms with E-state index in [0.717, 1.165) is 0 Å². The molecule has 1 unspecified atom stereocenters. The number of rotatable bonds is 4. The number of alkyl halides is 3. The summed E-state index contributed by atoms with van der Waals surface area (Å²) in [7, 11) is 0. The van der Waals surface area contributed by atoms with Gasteiger partial charge in [-0.15, -0.1) is 0 Å². The lowest BCUT2D eigenvalue weighted by atomic mass is 10.2. The highest BCUT2D eigenvalue weighted by Gasteiger charge is 2.64. The van der Waals surface area contributed by atoms with Gasteiger partial charge in [0.2, 0.25) is 0 Å². The lowest BCUT2D eigenvalue weighted by molar-refractivity contribution is -0.163. The normalized spacial score (nSPS) is 25.0. The fourth-order valence-electron chi connectivity index (χ4n) is 2.19. The smallest absolute Gasteiger partial charge is 0.376 e. The summed E-state index contributed by atoms with van der Waals surface area (Å²) < 4.78 is 49.4. The van der Waals surface area contributed by atoms with Crippen LogP contribution in [0.3, 0.4) is 0 Å². The Balaban J connectivity index is 1.85. The first-order chi connectivity index (χ1) is 9.73. The minimum atomic E-state index is -4.39. The summed E-state index contributed by atoms with van der Waals surface area (Å²) in [4.78, 5) is 13.4. The molecule has 1 heterocycles. The number of carbonyl (C=O) groups is 1. The van der Waals surface area contributed by atoms with E-state index < -0.39 is 17.7 Å². The van der Waals surface area contributed by atoms with Crippen molar-refractivity contribution in [3.05, 3.63) is 0 Å². The van der Waals surface area contributed by atoms with Crippen LogP contribution in [0.15, 0.2) is 0 Å².